The summed E-state index contributed by atoms with van der Waals surface area (Å²) in [6.07, 6.45) is 1.13. The molecule has 1 aromatic rings. The van der Waals surface area contributed by atoms with Crippen molar-refractivity contribution < 1.29 is 14.7 Å². The fraction of sp³-hybridized carbons (Fsp3) is 0.231. The molecule has 5 heteroatoms. The first-order valence-corrected chi connectivity index (χ1v) is 5.90. The largest absolute Gasteiger partial charge is 0.478 e. The first-order valence-electron chi connectivity index (χ1n) is 5.52. The van der Waals surface area contributed by atoms with E-state index in [0.29, 0.717) is 24.1 Å². The van der Waals surface area contributed by atoms with Gasteiger partial charge in [0.15, 0.2) is 5.78 Å². The lowest BCUT2D eigenvalue weighted by Gasteiger charge is -2.11. The zero-order chi connectivity index (χ0) is 13.3. The van der Waals surface area contributed by atoms with E-state index in [2.05, 4.69) is 5.32 Å². The third kappa shape index (κ3) is 2.24. The maximum absolute atomic E-state index is 11.4. The number of rotatable bonds is 3. The Hall–Kier alpha value is -1.81. The number of aromatic carboxylic acids is 1. The number of anilines is 1. The second-order valence-electron chi connectivity index (χ2n) is 4.12. The van der Waals surface area contributed by atoms with Gasteiger partial charge in [-0.1, -0.05) is 17.7 Å². The average molecular weight is 266 g/mol. The van der Waals surface area contributed by atoms with Gasteiger partial charge in [0.05, 0.1) is 16.3 Å². The van der Waals surface area contributed by atoms with Crippen molar-refractivity contribution in [2.24, 2.45) is 0 Å². The minimum atomic E-state index is -1.07. The molecule has 94 valence electrons. The molecular weight excluding hydrogens is 254 g/mol. The van der Waals surface area contributed by atoms with E-state index in [9.17, 15) is 9.59 Å². The van der Waals surface area contributed by atoms with Crippen LogP contribution in [0.1, 0.15) is 30.1 Å². The predicted octanol–water partition coefficient (Wildman–Crippen LogP) is 3.09. The molecule has 4 nitrogen and oxygen atoms in total. The van der Waals surface area contributed by atoms with Gasteiger partial charge >= 0.3 is 5.97 Å². The summed E-state index contributed by atoms with van der Waals surface area (Å²) >= 11 is 6.02. The summed E-state index contributed by atoms with van der Waals surface area (Å²) in [6, 6.07) is 4.75. The standard InChI is InChI=1S/C13H12ClNO3/c1-7-9(5-6-11(7)16)15-10-4-2-3-8(12(10)14)13(17)18/h2-4,15H,5-6H2,1H3,(H,17,18). The van der Waals surface area contributed by atoms with Gasteiger partial charge in [-0.05, 0) is 25.5 Å². The summed E-state index contributed by atoms with van der Waals surface area (Å²) in [7, 11) is 0. The smallest absolute Gasteiger partial charge is 0.337 e. The molecule has 0 atom stereocenters. The highest BCUT2D eigenvalue weighted by Crippen LogP contribution is 2.30. The van der Waals surface area contributed by atoms with Crippen LogP contribution in [-0.4, -0.2) is 16.9 Å². The van der Waals surface area contributed by atoms with Crippen LogP contribution >= 0.6 is 11.6 Å². The van der Waals surface area contributed by atoms with Gasteiger partial charge in [0.2, 0.25) is 0 Å². The number of Topliss-reactive ketones (excluding diaryl/α,β-unsaturated/α-hetero) is 1. The number of allylic oxidation sites excluding steroid dienone is 2. The highest BCUT2D eigenvalue weighted by atomic mass is 35.5. The Kier molecular flexibility index (Phi) is 3.39. The van der Waals surface area contributed by atoms with Crippen molar-refractivity contribution in [3.63, 3.8) is 0 Å². The molecule has 0 spiro atoms. The van der Waals surface area contributed by atoms with Gasteiger partial charge < -0.3 is 10.4 Å². The Bertz CT molecular complexity index is 563. The van der Waals surface area contributed by atoms with Crippen LogP contribution in [0.5, 0.6) is 0 Å². The van der Waals surface area contributed by atoms with Crippen LogP contribution in [0.2, 0.25) is 5.02 Å². The summed E-state index contributed by atoms with van der Waals surface area (Å²) < 4.78 is 0. The summed E-state index contributed by atoms with van der Waals surface area (Å²) in [5, 5.41) is 12.2. The van der Waals surface area contributed by atoms with Crippen molar-refractivity contribution in [1.82, 2.24) is 0 Å². The summed E-state index contributed by atoms with van der Waals surface area (Å²) in [5.74, 6) is -0.958. The molecule has 0 saturated carbocycles. The van der Waals surface area contributed by atoms with Crippen LogP contribution < -0.4 is 5.32 Å². The van der Waals surface area contributed by atoms with Gasteiger partial charge in [-0.3, -0.25) is 4.79 Å². The summed E-state index contributed by atoms with van der Waals surface area (Å²) in [4.78, 5) is 22.4. The molecule has 0 aromatic heterocycles. The number of nitrogens with one attached hydrogen (secondary N) is 1. The van der Waals surface area contributed by atoms with E-state index in [-0.39, 0.29) is 16.4 Å². The molecule has 18 heavy (non-hydrogen) atoms. The van der Waals surface area contributed by atoms with Gasteiger partial charge in [0.25, 0.3) is 0 Å². The van der Waals surface area contributed by atoms with Crippen molar-refractivity contribution in [2.45, 2.75) is 19.8 Å². The second kappa shape index (κ2) is 4.82. The molecule has 1 aliphatic rings. The molecule has 0 unspecified atom stereocenters. The lowest BCUT2D eigenvalue weighted by Crippen LogP contribution is -2.03. The Morgan fingerprint density at radius 3 is 2.67 bits per heavy atom. The van der Waals surface area contributed by atoms with E-state index in [1.54, 1.807) is 19.1 Å². The molecule has 0 aliphatic heterocycles. The van der Waals surface area contributed by atoms with Crippen LogP contribution in [0.15, 0.2) is 29.5 Å². The van der Waals surface area contributed by atoms with Crippen LogP contribution in [-0.2, 0) is 4.79 Å². The molecule has 2 rings (SSSR count). The molecule has 0 bridgehead atoms. The Morgan fingerprint density at radius 1 is 1.39 bits per heavy atom. The summed E-state index contributed by atoms with van der Waals surface area (Å²) in [6.45, 7) is 1.76. The molecule has 0 radical (unpaired) electrons. The van der Waals surface area contributed by atoms with E-state index >= 15 is 0 Å². The van der Waals surface area contributed by atoms with Crippen molar-refractivity contribution in [2.75, 3.05) is 5.32 Å². The number of carbonyl (C=O) groups excluding carboxylic acids is 1. The van der Waals surface area contributed by atoms with E-state index < -0.39 is 5.97 Å². The number of carboxylic acid groups (broad SMARTS) is 1. The summed E-state index contributed by atoms with van der Waals surface area (Å²) in [5.41, 5.74) is 2.06. The van der Waals surface area contributed by atoms with Gasteiger partial charge in [0, 0.05) is 17.7 Å². The van der Waals surface area contributed by atoms with Crippen molar-refractivity contribution >= 4 is 29.0 Å². The molecule has 1 aromatic carbocycles. The fourth-order valence-corrected chi connectivity index (χ4v) is 2.15. The molecule has 0 amide bonds. The normalized spacial score (nSPS) is 15.1. The van der Waals surface area contributed by atoms with Crippen molar-refractivity contribution in [3.05, 3.63) is 40.1 Å². The Morgan fingerprint density at radius 2 is 2.11 bits per heavy atom. The van der Waals surface area contributed by atoms with Gasteiger partial charge in [-0.2, -0.15) is 0 Å². The first-order chi connectivity index (χ1) is 8.50. The van der Waals surface area contributed by atoms with Crippen LogP contribution in [0, 0.1) is 0 Å². The van der Waals surface area contributed by atoms with Crippen LogP contribution in [0.4, 0.5) is 5.69 Å². The second-order valence-corrected chi connectivity index (χ2v) is 4.50. The lowest BCUT2D eigenvalue weighted by molar-refractivity contribution is -0.114. The Labute approximate surface area is 109 Å². The topological polar surface area (TPSA) is 66.4 Å². The molecular formula is C13H12ClNO3. The fourth-order valence-electron chi connectivity index (χ4n) is 1.89. The van der Waals surface area contributed by atoms with Crippen LogP contribution in [0.3, 0.4) is 0 Å². The van der Waals surface area contributed by atoms with E-state index in [4.69, 9.17) is 16.7 Å². The monoisotopic (exact) mass is 265 g/mol. The quantitative estimate of drug-likeness (QED) is 0.881. The van der Waals surface area contributed by atoms with Crippen molar-refractivity contribution in [3.8, 4) is 0 Å². The maximum atomic E-state index is 11.4. The zero-order valence-corrected chi connectivity index (χ0v) is 10.5. The zero-order valence-electron chi connectivity index (χ0n) is 9.79. The SMILES string of the molecule is CC1=C(Nc2cccc(C(=O)O)c2Cl)CCC1=O. The molecule has 0 saturated heterocycles. The number of benzene rings is 1. The minimum Gasteiger partial charge on any atom is -0.478 e. The maximum Gasteiger partial charge on any atom is 0.337 e. The molecule has 0 fully saturated rings. The van der Waals surface area contributed by atoms with Gasteiger partial charge in [0.1, 0.15) is 0 Å². The minimum absolute atomic E-state index is 0.0456. The number of halogens is 1. The number of carbonyl (C=O) groups is 2. The number of ketones is 1. The third-order valence-electron chi connectivity index (χ3n) is 2.99. The van der Waals surface area contributed by atoms with E-state index in [1.807, 2.05) is 0 Å². The highest BCUT2D eigenvalue weighted by molar-refractivity contribution is 6.36. The first kappa shape index (κ1) is 12.6. The van der Waals surface area contributed by atoms with Crippen molar-refractivity contribution in [1.29, 1.82) is 0 Å². The van der Waals surface area contributed by atoms with Crippen LogP contribution in [0.25, 0.3) is 0 Å². The molecule has 0 heterocycles. The highest BCUT2D eigenvalue weighted by Gasteiger charge is 2.20. The Balaban J connectivity index is 2.34. The van der Waals surface area contributed by atoms with E-state index in [0.717, 1.165) is 5.70 Å². The number of hydrogen-bond acceptors (Lipinski definition) is 3. The molecule has 1 aliphatic carbocycles. The van der Waals surface area contributed by atoms with Gasteiger partial charge in [-0.15, -0.1) is 0 Å². The number of hydrogen-bond donors (Lipinski definition) is 2. The predicted molar refractivity (Wildman–Crippen MR) is 69.0 cm³/mol. The number of carboxylic acids is 1. The molecule has 2 N–H and O–H groups in total. The third-order valence-corrected chi connectivity index (χ3v) is 3.39. The van der Waals surface area contributed by atoms with E-state index in [1.165, 1.54) is 6.07 Å². The average Bonchev–Trinajstić information content (AvgIpc) is 2.63. The lowest BCUT2D eigenvalue weighted by atomic mass is 10.2. The van der Waals surface area contributed by atoms with Gasteiger partial charge in [-0.25, -0.2) is 4.79 Å².